The van der Waals surface area contributed by atoms with Crippen molar-refractivity contribution >= 4 is 17.6 Å². The van der Waals surface area contributed by atoms with Gasteiger partial charge in [0.15, 0.2) is 0 Å². The van der Waals surface area contributed by atoms with E-state index in [1.54, 1.807) is 24.3 Å². The van der Waals surface area contributed by atoms with Gasteiger partial charge in [0.05, 0.1) is 11.3 Å². The van der Waals surface area contributed by atoms with E-state index in [-0.39, 0.29) is 0 Å². The van der Waals surface area contributed by atoms with Gasteiger partial charge in [-0.2, -0.15) is 5.26 Å². The Morgan fingerprint density at radius 3 is 2.62 bits per heavy atom. The Kier molecular flexibility index (Phi) is 3.81. The number of carboxylic acids is 1. The summed E-state index contributed by atoms with van der Waals surface area (Å²) in [4.78, 5) is 21.4. The zero-order chi connectivity index (χ0) is 12.0. The van der Waals surface area contributed by atoms with Gasteiger partial charge < -0.3 is 10.4 Å². The smallest absolute Gasteiger partial charge is 0.328 e. The van der Waals surface area contributed by atoms with Crippen LogP contribution in [0.2, 0.25) is 0 Å². The Morgan fingerprint density at radius 1 is 1.31 bits per heavy atom. The average molecular weight is 216 g/mol. The number of hydrogen-bond acceptors (Lipinski definition) is 3. The fraction of sp³-hybridized carbons (Fsp3) is 0. The van der Waals surface area contributed by atoms with Crippen molar-refractivity contribution in [3.05, 3.63) is 42.0 Å². The number of hydrogen-bond donors (Lipinski definition) is 2. The van der Waals surface area contributed by atoms with Gasteiger partial charge in [-0.1, -0.05) is 12.1 Å². The lowest BCUT2D eigenvalue weighted by molar-refractivity contribution is -0.131. The molecule has 0 spiro atoms. The van der Waals surface area contributed by atoms with Crippen molar-refractivity contribution in [1.29, 1.82) is 5.26 Å². The number of para-hydroxylation sites is 1. The van der Waals surface area contributed by atoms with E-state index in [9.17, 15) is 9.59 Å². The van der Waals surface area contributed by atoms with E-state index < -0.39 is 11.9 Å². The maximum absolute atomic E-state index is 11.2. The molecule has 0 unspecified atom stereocenters. The Labute approximate surface area is 91.6 Å². The monoisotopic (exact) mass is 216 g/mol. The summed E-state index contributed by atoms with van der Waals surface area (Å²) in [5.74, 6) is -1.80. The van der Waals surface area contributed by atoms with Crippen LogP contribution in [-0.2, 0) is 9.59 Å². The lowest BCUT2D eigenvalue weighted by atomic mass is 10.2. The van der Waals surface area contributed by atoms with Crippen LogP contribution in [-0.4, -0.2) is 17.0 Å². The molecule has 0 atom stereocenters. The van der Waals surface area contributed by atoms with Gasteiger partial charge in [0, 0.05) is 12.2 Å². The highest BCUT2D eigenvalue weighted by molar-refractivity contribution is 6.02. The molecule has 2 N–H and O–H groups in total. The number of nitriles is 1. The van der Waals surface area contributed by atoms with Gasteiger partial charge in [-0.05, 0) is 12.1 Å². The molecule has 0 heterocycles. The van der Waals surface area contributed by atoms with Gasteiger partial charge in [0.25, 0.3) is 0 Å². The van der Waals surface area contributed by atoms with Crippen LogP contribution in [0, 0.1) is 11.3 Å². The number of aliphatic carboxylic acids is 1. The summed E-state index contributed by atoms with van der Waals surface area (Å²) in [5, 5.41) is 19.5. The number of carboxylic acid groups (broad SMARTS) is 1. The number of benzene rings is 1. The van der Waals surface area contributed by atoms with E-state index in [4.69, 9.17) is 10.4 Å². The van der Waals surface area contributed by atoms with Gasteiger partial charge in [-0.15, -0.1) is 0 Å². The zero-order valence-corrected chi connectivity index (χ0v) is 8.18. The number of nitrogens with one attached hydrogen (secondary N) is 1. The van der Waals surface area contributed by atoms with Crippen molar-refractivity contribution in [3.63, 3.8) is 0 Å². The van der Waals surface area contributed by atoms with Crippen LogP contribution in [0.1, 0.15) is 5.56 Å². The molecule has 0 aliphatic rings. The molecular weight excluding hydrogens is 208 g/mol. The van der Waals surface area contributed by atoms with Crippen molar-refractivity contribution in [3.8, 4) is 6.07 Å². The number of carbonyl (C=O) groups excluding carboxylic acids is 1. The fourth-order valence-corrected chi connectivity index (χ4v) is 1.01. The number of anilines is 1. The Hall–Kier alpha value is -2.61. The average Bonchev–Trinajstić information content (AvgIpc) is 2.27. The van der Waals surface area contributed by atoms with Crippen LogP contribution < -0.4 is 5.32 Å². The van der Waals surface area contributed by atoms with Crippen molar-refractivity contribution in [2.24, 2.45) is 0 Å². The quantitative estimate of drug-likeness (QED) is 0.741. The molecule has 0 aromatic heterocycles. The lowest BCUT2D eigenvalue weighted by Gasteiger charge is -2.02. The van der Waals surface area contributed by atoms with Crippen LogP contribution in [0.4, 0.5) is 5.69 Å². The van der Waals surface area contributed by atoms with Crippen LogP contribution in [0.3, 0.4) is 0 Å². The maximum atomic E-state index is 11.2. The highest BCUT2D eigenvalue weighted by atomic mass is 16.4. The van der Waals surface area contributed by atoms with E-state index in [0.717, 1.165) is 12.2 Å². The second-order valence-electron chi connectivity index (χ2n) is 2.82. The second kappa shape index (κ2) is 5.32. The van der Waals surface area contributed by atoms with E-state index in [1.165, 1.54) is 0 Å². The molecule has 0 radical (unpaired) electrons. The topological polar surface area (TPSA) is 90.2 Å². The van der Waals surface area contributed by atoms with Gasteiger partial charge in [0.2, 0.25) is 5.91 Å². The number of amides is 1. The summed E-state index contributed by atoms with van der Waals surface area (Å²) in [6.07, 6.45) is 1.61. The third kappa shape index (κ3) is 3.27. The van der Waals surface area contributed by atoms with Gasteiger partial charge in [-0.3, -0.25) is 4.79 Å². The summed E-state index contributed by atoms with van der Waals surface area (Å²) >= 11 is 0. The van der Waals surface area contributed by atoms with Crippen molar-refractivity contribution in [2.45, 2.75) is 0 Å². The highest BCUT2D eigenvalue weighted by Gasteiger charge is 2.03. The Bertz CT molecular complexity index is 486. The minimum absolute atomic E-state index is 0.319. The van der Waals surface area contributed by atoms with Crippen LogP contribution >= 0.6 is 0 Å². The standard InChI is InChI=1S/C11H8N2O3/c12-7-8-3-1-2-4-9(8)13-10(14)5-6-11(15)16/h1-6H,(H,13,14)(H,15,16). The molecule has 0 bridgehead atoms. The molecule has 1 amide bonds. The van der Waals surface area contributed by atoms with Gasteiger partial charge in [-0.25, -0.2) is 4.79 Å². The molecule has 1 aromatic rings. The van der Waals surface area contributed by atoms with Crippen molar-refractivity contribution in [1.82, 2.24) is 0 Å². The van der Waals surface area contributed by atoms with E-state index in [2.05, 4.69) is 5.32 Å². The molecular formula is C11H8N2O3. The normalized spacial score (nSPS) is 9.69. The summed E-state index contributed by atoms with van der Waals surface area (Å²) in [7, 11) is 0. The largest absolute Gasteiger partial charge is 0.478 e. The van der Waals surface area contributed by atoms with Crippen molar-refractivity contribution < 1.29 is 14.7 Å². The number of rotatable bonds is 3. The molecule has 5 nitrogen and oxygen atoms in total. The fourth-order valence-electron chi connectivity index (χ4n) is 1.01. The third-order valence-electron chi connectivity index (χ3n) is 1.68. The first-order valence-corrected chi connectivity index (χ1v) is 4.34. The van der Waals surface area contributed by atoms with Crippen LogP contribution in [0.25, 0.3) is 0 Å². The molecule has 5 heteroatoms. The number of carbonyl (C=O) groups is 2. The minimum Gasteiger partial charge on any atom is -0.478 e. The second-order valence-corrected chi connectivity index (χ2v) is 2.82. The van der Waals surface area contributed by atoms with Gasteiger partial charge >= 0.3 is 5.97 Å². The first kappa shape index (κ1) is 11.5. The van der Waals surface area contributed by atoms with Gasteiger partial charge in [0.1, 0.15) is 6.07 Å². The molecule has 0 fully saturated rings. The van der Waals surface area contributed by atoms with Crippen molar-refractivity contribution in [2.75, 3.05) is 5.32 Å². The van der Waals surface area contributed by atoms with E-state index in [0.29, 0.717) is 11.3 Å². The maximum Gasteiger partial charge on any atom is 0.328 e. The zero-order valence-electron chi connectivity index (χ0n) is 8.18. The molecule has 80 valence electrons. The molecule has 0 saturated heterocycles. The molecule has 0 aliphatic heterocycles. The first-order chi connectivity index (χ1) is 7.63. The summed E-state index contributed by atoms with van der Waals surface area (Å²) in [6.45, 7) is 0. The van der Waals surface area contributed by atoms with Crippen LogP contribution in [0.5, 0.6) is 0 Å². The van der Waals surface area contributed by atoms with E-state index in [1.807, 2.05) is 6.07 Å². The Balaban J connectivity index is 2.78. The number of nitrogens with zero attached hydrogens (tertiary/aromatic N) is 1. The third-order valence-corrected chi connectivity index (χ3v) is 1.68. The van der Waals surface area contributed by atoms with E-state index >= 15 is 0 Å². The Morgan fingerprint density at radius 2 is 2.00 bits per heavy atom. The minimum atomic E-state index is -1.20. The van der Waals surface area contributed by atoms with Crippen LogP contribution in [0.15, 0.2) is 36.4 Å². The predicted octanol–water partition coefficient (Wildman–Crippen LogP) is 1.14. The lowest BCUT2D eigenvalue weighted by Crippen LogP contribution is -2.09. The SMILES string of the molecule is N#Cc1ccccc1NC(=O)C=CC(=O)O. The first-order valence-electron chi connectivity index (χ1n) is 4.34. The predicted molar refractivity (Wildman–Crippen MR) is 56.6 cm³/mol. The molecule has 0 saturated carbocycles. The molecule has 1 rings (SSSR count). The summed E-state index contributed by atoms with van der Waals surface area (Å²) in [5.41, 5.74) is 0.671. The highest BCUT2D eigenvalue weighted by Crippen LogP contribution is 2.13. The summed E-state index contributed by atoms with van der Waals surface area (Å²) < 4.78 is 0. The molecule has 0 aliphatic carbocycles. The molecule has 1 aromatic carbocycles. The molecule has 16 heavy (non-hydrogen) atoms. The summed E-state index contributed by atoms with van der Waals surface area (Å²) in [6, 6.07) is 8.36.